The third-order valence-corrected chi connectivity index (χ3v) is 3.59. The van der Waals surface area contributed by atoms with Gasteiger partial charge >= 0.3 is 0 Å². The van der Waals surface area contributed by atoms with Crippen molar-refractivity contribution in [2.75, 3.05) is 41.4 Å². The molecular formula is C18H30IN3O2. The van der Waals surface area contributed by atoms with Crippen LogP contribution in [0.3, 0.4) is 0 Å². The predicted octanol–water partition coefficient (Wildman–Crippen LogP) is 3.34. The second kappa shape index (κ2) is 12.9. The summed E-state index contributed by atoms with van der Waals surface area (Å²) < 4.78 is 10.6. The average molecular weight is 447 g/mol. The second-order valence-electron chi connectivity index (χ2n) is 5.19. The molecule has 0 saturated carbocycles. The van der Waals surface area contributed by atoms with E-state index in [1.54, 1.807) is 14.2 Å². The Morgan fingerprint density at radius 2 is 1.96 bits per heavy atom. The summed E-state index contributed by atoms with van der Waals surface area (Å²) in [6.45, 7) is 3.79. The van der Waals surface area contributed by atoms with E-state index in [1.807, 2.05) is 33.2 Å². The van der Waals surface area contributed by atoms with Gasteiger partial charge < -0.3 is 19.7 Å². The van der Waals surface area contributed by atoms with Gasteiger partial charge in [0.05, 0.1) is 14.2 Å². The van der Waals surface area contributed by atoms with Crippen LogP contribution in [-0.2, 0) is 6.42 Å². The number of guanidine groups is 1. The van der Waals surface area contributed by atoms with Crippen LogP contribution in [0.1, 0.15) is 18.9 Å². The highest BCUT2D eigenvalue weighted by atomic mass is 127. The van der Waals surface area contributed by atoms with E-state index in [1.165, 1.54) is 5.56 Å². The van der Waals surface area contributed by atoms with Gasteiger partial charge in [0.25, 0.3) is 0 Å². The zero-order valence-corrected chi connectivity index (χ0v) is 17.7. The number of benzene rings is 1. The van der Waals surface area contributed by atoms with Gasteiger partial charge in [0, 0.05) is 27.2 Å². The summed E-state index contributed by atoms with van der Waals surface area (Å²) in [7, 11) is 7.16. The number of rotatable bonds is 8. The van der Waals surface area contributed by atoms with Crippen molar-refractivity contribution in [2.24, 2.45) is 4.99 Å². The minimum absolute atomic E-state index is 0. The number of methoxy groups -OCH3 is 2. The minimum atomic E-state index is 0. The molecule has 1 N–H and O–H groups in total. The molecule has 136 valence electrons. The summed E-state index contributed by atoms with van der Waals surface area (Å²) in [6, 6.07) is 6.03. The van der Waals surface area contributed by atoms with Crippen molar-refractivity contribution >= 4 is 29.9 Å². The van der Waals surface area contributed by atoms with Crippen molar-refractivity contribution in [2.45, 2.75) is 19.8 Å². The van der Waals surface area contributed by atoms with Crippen LogP contribution in [0.5, 0.6) is 11.5 Å². The molecule has 0 amide bonds. The highest BCUT2D eigenvalue weighted by Gasteiger charge is 2.08. The van der Waals surface area contributed by atoms with Crippen LogP contribution in [0.25, 0.3) is 0 Å². The molecule has 0 saturated heterocycles. The molecule has 0 fully saturated rings. The van der Waals surface area contributed by atoms with Gasteiger partial charge in [-0.1, -0.05) is 18.2 Å². The molecule has 0 aliphatic rings. The zero-order valence-electron chi connectivity index (χ0n) is 15.3. The standard InChI is InChI=1S/C18H29N3O2.HI/c1-6-7-8-12-20-18(19-2)21(3)13-11-15-9-10-16(22-4)17(14-15)23-5;/h6-7,9-10,14H,8,11-13H2,1-5H3,(H,19,20);1H/b7-6+;. The molecule has 1 aromatic carbocycles. The number of hydrogen-bond donors (Lipinski definition) is 1. The van der Waals surface area contributed by atoms with E-state index in [0.29, 0.717) is 0 Å². The van der Waals surface area contributed by atoms with Gasteiger partial charge in [0.2, 0.25) is 0 Å². The Labute approximate surface area is 163 Å². The number of allylic oxidation sites excluding steroid dienone is 1. The van der Waals surface area contributed by atoms with Crippen molar-refractivity contribution < 1.29 is 9.47 Å². The van der Waals surface area contributed by atoms with Crippen LogP contribution in [0.2, 0.25) is 0 Å². The molecule has 5 nitrogen and oxygen atoms in total. The van der Waals surface area contributed by atoms with Gasteiger partial charge in [-0.05, 0) is 37.5 Å². The number of nitrogens with one attached hydrogen (secondary N) is 1. The zero-order chi connectivity index (χ0) is 17.1. The average Bonchev–Trinajstić information content (AvgIpc) is 2.59. The summed E-state index contributed by atoms with van der Waals surface area (Å²) in [5.74, 6) is 2.43. The molecule has 0 bridgehead atoms. The molecule has 1 aromatic rings. The first kappa shape index (κ1) is 22.6. The Bertz CT molecular complexity index is 533. The number of hydrogen-bond acceptors (Lipinski definition) is 3. The molecule has 0 aromatic heterocycles. The first-order valence-corrected chi connectivity index (χ1v) is 7.90. The molecule has 0 spiro atoms. The number of aliphatic imine (C=N–C) groups is 1. The lowest BCUT2D eigenvalue weighted by molar-refractivity contribution is 0.354. The summed E-state index contributed by atoms with van der Waals surface area (Å²) in [4.78, 5) is 6.45. The summed E-state index contributed by atoms with van der Waals surface area (Å²) in [6.07, 6.45) is 6.11. The second-order valence-corrected chi connectivity index (χ2v) is 5.19. The molecule has 0 unspecified atom stereocenters. The van der Waals surface area contributed by atoms with Crippen molar-refractivity contribution in [3.05, 3.63) is 35.9 Å². The molecular weight excluding hydrogens is 417 g/mol. The van der Waals surface area contributed by atoms with Crippen LogP contribution in [0.15, 0.2) is 35.3 Å². The van der Waals surface area contributed by atoms with Gasteiger partial charge in [0.1, 0.15) is 0 Å². The SMILES string of the molecule is C/C=C/CCNC(=NC)N(C)CCc1ccc(OC)c(OC)c1.I. The normalized spacial score (nSPS) is 11.1. The minimum Gasteiger partial charge on any atom is -0.493 e. The smallest absolute Gasteiger partial charge is 0.193 e. The topological polar surface area (TPSA) is 46.1 Å². The Morgan fingerprint density at radius 1 is 1.25 bits per heavy atom. The van der Waals surface area contributed by atoms with Crippen molar-refractivity contribution in [3.63, 3.8) is 0 Å². The van der Waals surface area contributed by atoms with Gasteiger partial charge in [-0.25, -0.2) is 0 Å². The maximum absolute atomic E-state index is 5.35. The van der Waals surface area contributed by atoms with E-state index >= 15 is 0 Å². The first-order valence-electron chi connectivity index (χ1n) is 7.90. The van der Waals surface area contributed by atoms with Crippen LogP contribution in [0.4, 0.5) is 0 Å². The Hall–Kier alpha value is -1.44. The van der Waals surface area contributed by atoms with Gasteiger partial charge in [-0.15, -0.1) is 24.0 Å². The van der Waals surface area contributed by atoms with Crippen molar-refractivity contribution in [1.82, 2.24) is 10.2 Å². The summed E-state index contributed by atoms with van der Waals surface area (Å²) in [5, 5.41) is 3.36. The fraction of sp³-hybridized carbons (Fsp3) is 0.500. The lowest BCUT2D eigenvalue weighted by Crippen LogP contribution is -2.40. The molecule has 0 heterocycles. The van der Waals surface area contributed by atoms with E-state index in [2.05, 4.69) is 33.4 Å². The number of likely N-dealkylation sites (N-methyl/N-ethyl adjacent to an activating group) is 1. The van der Waals surface area contributed by atoms with E-state index in [0.717, 1.165) is 43.4 Å². The first-order chi connectivity index (χ1) is 11.2. The van der Waals surface area contributed by atoms with Crippen LogP contribution < -0.4 is 14.8 Å². The fourth-order valence-corrected chi connectivity index (χ4v) is 2.26. The van der Waals surface area contributed by atoms with E-state index < -0.39 is 0 Å². The van der Waals surface area contributed by atoms with E-state index in [9.17, 15) is 0 Å². The van der Waals surface area contributed by atoms with E-state index in [-0.39, 0.29) is 24.0 Å². The Kier molecular flexibility index (Phi) is 12.1. The highest BCUT2D eigenvalue weighted by Crippen LogP contribution is 2.27. The van der Waals surface area contributed by atoms with Gasteiger partial charge in [0.15, 0.2) is 17.5 Å². The predicted molar refractivity (Wildman–Crippen MR) is 112 cm³/mol. The Balaban J connectivity index is 0.00000529. The third kappa shape index (κ3) is 7.42. The third-order valence-electron chi connectivity index (χ3n) is 3.59. The molecule has 0 atom stereocenters. The molecule has 0 aliphatic heterocycles. The fourth-order valence-electron chi connectivity index (χ4n) is 2.26. The monoisotopic (exact) mass is 447 g/mol. The maximum Gasteiger partial charge on any atom is 0.193 e. The largest absolute Gasteiger partial charge is 0.493 e. The van der Waals surface area contributed by atoms with Crippen LogP contribution in [-0.4, -0.2) is 52.3 Å². The van der Waals surface area contributed by atoms with Crippen LogP contribution >= 0.6 is 24.0 Å². The molecule has 0 aliphatic carbocycles. The summed E-state index contributed by atoms with van der Waals surface area (Å²) >= 11 is 0. The van der Waals surface area contributed by atoms with Gasteiger partial charge in [-0.2, -0.15) is 0 Å². The summed E-state index contributed by atoms with van der Waals surface area (Å²) in [5.41, 5.74) is 1.21. The molecule has 1 rings (SSSR count). The quantitative estimate of drug-likeness (QED) is 0.218. The van der Waals surface area contributed by atoms with Crippen molar-refractivity contribution in [1.29, 1.82) is 0 Å². The highest BCUT2D eigenvalue weighted by molar-refractivity contribution is 14.0. The lowest BCUT2D eigenvalue weighted by atomic mass is 10.1. The lowest BCUT2D eigenvalue weighted by Gasteiger charge is -2.22. The Morgan fingerprint density at radius 3 is 2.54 bits per heavy atom. The number of nitrogens with zero attached hydrogens (tertiary/aromatic N) is 2. The molecule has 6 heteroatoms. The molecule has 24 heavy (non-hydrogen) atoms. The maximum atomic E-state index is 5.35. The van der Waals surface area contributed by atoms with E-state index in [4.69, 9.17) is 9.47 Å². The number of ether oxygens (including phenoxy) is 2. The van der Waals surface area contributed by atoms with Crippen LogP contribution in [0, 0.1) is 0 Å². The van der Waals surface area contributed by atoms with Gasteiger partial charge in [-0.3, -0.25) is 4.99 Å². The molecule has 0 radical (unpaired) electrons. The number of halogens is 1. The van der Waals surface area contributed by atoms with Crippen molar-refractivity contribution in [3.8, 4) is 11.5 Å².